The van der Waals surface area contributed by atoms with Gasteiger partial charge in [-0.3, -0.25) is 14.9 Å². The van der Waals surface area contributed by atoms with Crippen molar-refractivity contribution in [3.8, 4) is 0 Å². The monoisotopic (exact) mass is 508 g/mol. The number of aryl methyl sites for hydroxylation is 1. The maximum absolute atomic E-state index is 13.1. The van der Waals surface area contributed by atoms with E-state index in [1.165, 1.54) is 23.5 Å². The molecule has 0 unspecified atom stereocenters. The smallest absolute Gasteiger partial charge is 0.270 e. The summed E-state index contributed by atoms with van der Waals surface area (Å²) in [6.45, 7) is 4.09. The van der Waals surface area contributed by atoms with Crippen LogP contribution >= 0.6 is 46.8 Å². The van der Waals surface area contributed by atoms with Crippen molar-refractivity contribution in [1.82, 2.24) is 9.80 Å². The third kappa shape index (κ3) is 4.52. The van der Waals surface area contributed by atoms with E-state index >= 15 is 0 Å². The Kier molecular flexibility index (Phi) is 6.52. The van der Waals surface area contributed by atoms with E-state index in [1.54, 1.807) is 11.0 Å². The number of carbonyl (C=O) groups excluding carboxylic acids is 1. The number of benzene rings is 2. The molecule has 0 spiro atoms. The lowest BCUT2D eigenvalue weighted by Crippen LogP contribution is -2.51. The van der Waals surface area contributed by atoms with E-state index in [2.05, 4.69) is 5.32 Å². The zero-order valence-corrected chi connectivity index (χ0v) is 20.1. The van der Waals surface area contributed by atoms with Crippen LogP contribution in [0.5, 0.6) is 0 Å². The number of thiocarbonyl (C=S) groups is 1. The first kappa shape index (κ1) is 22.7. The van der Waals surface area contributed by atoms with Crippen LogP contribution in [0, 0.1) is 17.0 Å². The van der Waals surface area contributed by atoms with Crippen LogP contribution in [0.15, 0.2) is 36.4 Å². The van der Waals surface area contributed by atoms with Crippen LogP contribution in [0.1, 0.15) is 15.2 Å². The minimum atomic E-state index is -0.463. The van der Waals surface area contributed by atoms with E-state index in [1.807, 2.05) is 30.0 Å². The molecule has 1 N–H and O–H groups in total. The van der Waals surface area contributed by atoms with E-state index in [0.29, 0.717) is 56.3 Å². The molecule has 166 valence electrons. The normalized spacial score (nSPS) is 14.0. The lowest BCUT2D eigenvalue weighted by molar-refractivity contribution is -0.384. The second-order valence-corrected chi connectivity index (χ2v) is 9.60. The van der Waals surface area contributed by atoms with Crippen molar-refractivity contribution in [1.29, 1.82) is 0 Å². The van der Waals surface area contributed by atoms with Gasteiger partial charge in [0.25, 0.3) is 11.6 Å². The van der Waals surface area contributed by atoms with Gasteiger partial charge in [0.15, 0.2) is 5.11 Å². The summed E-state index contributed by atoms with van der Waals surface area (Å²) in [6.07, 6.45) is 0. The van der Waals surface area contributed by atoms with Crippen molar-refractivity contribution in [2.24, 2.45) is 0 Å². The molecule has 32 heavy (non-hydrogen) atoms. The molecule has 0 radical (unpaired) electrons. The number of nitro groups is 1. The standard InChI is InChI=1S/C21H18Cl2N4O3S2/c1-12-2-3-13(22)10-16(12)24-21(31)26-8-6-25(7-9-26)20(28)19-18(23)15-5-4-14(27(29)30)11-17(15)32-19/h2-5,10-11H,6-9H2,1H3,(H,24,31). The number of hydrogen-bond donors (Lipinski definition) is 1. The van der Waals surface area contributed by atoms with E-state index in [4.69, 9.17) is 35.4 Å². The highest BCUT2D eigenvalue weighted by atomic mass is 35.5. The first-order chi connectivity index (χ1) is 15.2. The van der Waals surface area contributed by atoms with E-state index in [-0.39, 0.29) is 11.6 Å². The summed E-state index contributed by atoms with van der Waals surface area (Å²) in [7, 11) is 0. The third-order valence-electron chi connectivity index (χ3n) is 5.31. The minimum absolute atomic E-state index is 0.0287. The van der Waals surface area contributed by atoms with Crippen molar-refractivity contribution in [3.63, 3.8) is 0 Å². The Bertz CT molecular complexity index is 1240. The van der Waals surface area contributed by atoms with Gasteiger partial charge >= 0.3 is 0 Å². The second-order valence-electron chi connectivity index (χ2n) is 7.35. The molecule has 1 saturated heterocycles. The van der Waals surface area contributed by atoms with Crippen LogP contribution in [0.3, 0.4) is 0 Å². The number of piperazine rings is 1. The van der Waals surface area contributed by atoms with Crippen LogP contribution in [0.25, 0.3) is 10.1 Å². The number of amides is 1. The highest BCUT2D eigenvalue weighted by Gasteiger charge is 2.27. The number of thiophene rings is 1. The number of nitrogens with one attached hydrogen (secondary N) is 1. The van der Waals surface area contributed by atoms with Gasteiger partial charge in [-0.15, -0.1) is 11.3 Å². The van der Waals surface area contributed by atoms with Crippen LogP contribution in [0.4, 0.5) is 11.4 Å². The lowest BCUT2D eigenvalue weighted by atomic mass is 10.2. The molecule has 0 saturated carbocycles. The number of nitrogens with zero attached hydrogens (tertiary/aromatic N) is 3. The van der Waals surface area contributed by atoms with Gasteiger partial charge in [-0.1, -0.05) is 29.3 Å². The first-order valence-electron chi connectivity index (χ1n) is 9.72. The fourth-order valence-corrected chi connectivity index (χ4v) is 5.46. The Morgan fingerprint density at radius 2 is 1.81 bits per heavy atom. The summed E-state index contributed by atoms with van der Waals surface area (Å²) in [6, 6.07) is 10.0. The van der Waals surface area contributed by atoms with Gasteiger partial charge < -0.3 is 15.1 Å². The van der Waals surface area contributed by atoms with Crippen molar-refractivity contribution in [2.75, 3.05) is 31.5 Å². The molecule has 1 aromatic heterocycles. The predicted molar refractivity (Wildman–Crippen MR) is 133 cm³/mol. The van der Waals surface area contributed by atoms with E-state index < -0.39 is 4.92 Å². The van der Waals surface area contributed by atoms with E-state index in [0.717, 1.165) is 11.3 Å². The maximum Gasteiger partial charge on any atom is 0.270 e. The van der Waals surface area contributed by atoms with Crippen molar-refractivity contribution in [2.45, 2.75) is 6.92 Å². The Balaban J connectivity index is 1.43. The molecule has 0 bridgehead atoms. The van der Waals surface area contributed by atoms with Crippen molar-refractivity contribution in [3.05, 3.63) is 67.0 Å². The van der Waals surface area contributed by atoms with Crippen molar-refractivity contribution >= 4 is 79.2 Å². The Hall–Kier alpha value is -2.46. The molecule has 0 atom stereocenters. The van der Waals surface area contributed by atoms with Crippen LogP contribution < -0.4 is 5.32 Å². The van der Waals surface area contributed by atoms with Gasteiger partial charge in [0, 0.05) is 59.1 Å². The SMILES string of the molecule is Cc1ccc(Cl)cc1NC(=S)N1CCN(C(=O)c2sc3cc([N+](=O)[O-])ccc3c2Cl)CC1. The number of non-ortho nitro benzene ring substituents is 1. The summed E-state index contributed by atoms with van der Waals surface area (Å²) in [5.74, 6) is -0.178. The third-order valence-corrected chi connectivity index (χ3v) is 7.55. The minimum Gasteiger partial charge on any atom is -0.345 e. The molecule has 4 rings (SSSR count). The number of nitro benzene ring substituents is 1. The maximum atomic E-state index is 13.1. The summed E-state index contributed by atoms with van der Waals surface area (Å²) >= 11 is 19.2. The highest BCUT2D eigenvalue weighted by Crippen LogP contribution is 2.38. The molecule has 3 aromatic rings. The van der Waals surface area contributed by atoms with Gasteiger partial charge in [0.2, 0.25) is 0 Å². The summed E-state index contributed by atoms with van der Waals surface area (Å²) in [5, 5.41) is 16.4. The topological polar surface area (TPSA) is 78.7 Å². The van der Waals surface area contributed by atoms with Gasteiger partial charge in [0.1, 0.15) is 4.88 Å². The molecule has 1 aliphatic rings. The van der Waals surface area contributed by atoms with Crippen LogP contribution in [0.2, 0.25) is 10.0 Å². The number of fused-ring (bicyclic) bond motifs is 1. The molecule has 7 nitrogen and oxygen atoms in total. The predicted octanol–water partition coefficient (Wildman–Crippen LogP) is 5.58. The zero-order chi connectivity index (χ0) is 23.0. The molecule has 2 heterocycles. The Morgan fingerprint density at radius 1 is 1.12 bits per heavy atom. The fraction of sp³-hybridized carbons (Fsp3) is 0.238. The summed E-state index contributed by atoms with van der Waals surface area (Å²) < 4.78 is 0.619. The molecule has 1 aliphatic heterocycles. The molecular weight excluding hydrogens is 491 g/mol. The average molecular weight is 509 g/mol. The van der Waals surface area contributed by atoms with Crippen LogP contribution in [-0.4, -0.2) is 51.9 Å². The van der Waals surface area contributed by atoms with Crippen molar-refractivity contribution < 1.29 is 9.72 Å². The Labute approximate surface area is 203 Å². The van der Waals surface area contributed by atoms with Gasteiger partial charge in [0.05, 0.1) is 9.95 Å². The summed E-state index contributed by atoms with van der Waals surface area (Å²) in [4.78, 5) is 27.8. The Morgan fingerprint density at radius 3 is 2.50 bits per heavy atom. The van der Waals surface area contributed by atoms with Gasteiger partial charge in [-0.25, -0.2) is 0 Å². The molecule has 1 amide bonds. The quantitative estimate of drug-likeness (QED) is 0.282. The average Bonchev–Trinajstić information content (AvgIpc) is 3.11. The zero-order valence-electron chi connectivity index (χ0n) is 16.9. The first-order valence-corrected chi connectivity index (χ1v) is 11.7. The largest absolute Gasteiger partial charge is 0.345 e. The molecule has 2 aromatic carbocycles. The number of carbonyl (C=O) groups is 1. The number of hydrogen-bond acceptors (Lipinski definition) is 5. The molecule has 11 heteroatoms. The number of rotatable bonds is 3. The number of anilines is 1. The number of halogens is 2. The van der Waals surface area contributed by atoms with E-state index in [9.17, 15) is 14.9 Å². The molecular formula is C21H18Cl2N4O3S2. The molecule has 0 aliphatic carbocycles. The lowest BCUT2D eigenvalue weighted by Gasteiger charge is -2.36. The fourth-order valence-electron chi connectivity index (χ4n) is 3.48. The molecule has 1 fully saturated rings. The summed E-state index contributed by atoms with van der Waals surface area (Å²) in [5.41, 5.74) is 1.86. The van der Waals surface area contributed by atoms with Crippen LogP contribution in [-0.2, 0) is 0 Å². The van der Waals surface area contributed by atoms with Gasteiger partial charge in [-0.2, -0.15) is 0 Å². The highest BCUT2D eigenvalue weighted by molar-refractivity contribution is 7.80. The van der Waals surface area contributed by atoms with Gasteiger partial charge in [-0.05, 0) is 42.9 Å². The second kappa shape index (κ2) is 9.19.